The van der Waals surface area contributed by atoms with Crippen LogP contribution < -0.4 is 55.3 Å². The average Bonchev–Trinajstić information content (AvgIpc) is 3.82. The number of benzene rings is 5. The van der Waals surface area contributed by atoms with Gasteiger partial charge >= 0.3 is 0 Å². The Kier molecular flexibility index (Phi) is 12.3. The second kappa shape index (κ2) is 18.7. The fourth-order valence-corrected chi connectivity index (χ4v) is 8.77. The SMILES string of the molecule is CNCC(=O)NCC(=O)NCC(=O)Nc1cc(COc2cc3c(cc2OC)C(=O)N2c4ccccc4C[C@H]2C=N3)cc(COc2cc3c(cc2OC)C(=O)N2c4ccccc4CC2CN3)c1. The van der Waals surface area contributed by atoms with E-state index in [1.165, 1.54) is 14.2 Å². The van der Waals surface area contributed by atoms with Gasteiger partial charge in [-0.05, 0) is 78.2 Å². The van der Waals surface area contributed by atoms with E-state index in [0.29, 0.717) is 75.3 Å². The van der Waals surface area contributed by atoms with E-state index in [1.54, 1.807) is 54.6 Å². The zero-order chi connectivity index (χ0) is 45.9. The zero-order valence-electron chi connectivity index (χ0n) is 36.6. The first-order chi connectivity index (χ1) is 32.1. The van der Waals surface area contributed by atoms with Crippen molar-refractivity contribution in [1.82, 2.24) is 16.0 Å². The summed E-state index contributed by atoms with van der Waals surface area (Å²) >= 11 is 0. The number of para-hydroxylation sites is 2. The summed E-state index contributed by atoms with van der Waals surface area (Å²) in [4.78, 5) is 73.7. The van der Waals surface area contributed by atoms with Crippen LogP contribution in [0.5, 0.6) is 23.0 Å². The number of nitrogens with zero attached hydrogens (tertiary/aromatic N) is 3. The molecule has 17 nitrogen and oxygen atoms in total. The third-order valence-corrected chi connectivity index (χ3v) is 11.8. The molecule has 5 N–H and O–H groups in total. The maximum atomic E-state index is 14.0. The van der Waals surface area contributed by atoms with Gasteiger partial charge in [-0.25, -0.2) is 0 Å². The van der Waals surface area contributed by atoms with E-state index < -0.39 is 11.8 Å². The molecule has 338 valence electrons. The fourth-order valence-electron chi connectivity index (χ4n) is 8.77. The van der Waals surface area contributed by atoms with Gasteiger partial charge < -0.3 is 50.4 Å². The minimum Gasteiger partial charge on any atom is -0.493 e. The molecule has 1 unspecified atom stereocenters. The average molecular weight is 893 g/mol. The minimum atomic E-state index is -0.534. The number of fused-ring (bicyclic) bond motifs is 8. The number of aliphatic imine (C=N–C) groups is 1. The van der Waals surface area contributed by atoms with E-state index in [-0.39, 0.29) is 62.7 Å². The highest BCUT2D eigenvalue weighted by Crippen LogP contribution is 2.43. The molecule has 5 aromatic rings. The van der Waals surface area contributed by atoms with Crippen molar-refractivity contribution in [3.8, 4) is 23.0 Å². The Morgan fingerprint density at radius 1 is 0.682 bits per heavy atom. The molecule has 0 bridgehead atoms. The molecule has 0 fully saturated rings. The maximum Gasteiger partial charge on any atom is 0.261 e. The first-order valence-corrected chi connectivity index (χ1v) is 21.5. The monoisotopic (exact) mass is 892 g/mol. The lowest BCUT2D eigenvalue weighted by Crippen LogP contribution is -2.42. The zero-order valence-corrected chi connectivity index (χ0v) is 36.6. The molecule has 9 rings (SSSR count). The molecule has 66 heavy (non-hydrogen) atoms. The van der Waals surface area contributed by atoms with Crippen LogP contribution in [-0.2, 0) is 40.4 Å². The van der Waals surface area contributed by atoms with Crippen molar-refractivity contribution < 1.29 is 42.9 Å². The molecule has 4 aliphatic heterocycles. The van der Waals surface area contributed by atoms with E-state index in [4.69, 9.17) is 23.9 Å². The lowest BCUT2D eigenvalue weighted by molar-refractivity contribution is -0.126. The highest BCUT2D eigenvalue weighted by atomic mass is 16.5. The molecule has 4 heterocycles. The molecule has 2 atom stereocenters. The lowest BCUT2D eigenvalue weighted by Gasteiger charge is -2.22. The Balaban J connectivity index is 0.949. The van der Waals surface area contributed by atoms with Gasteiger partial charge in [0.05, 0.1) is 68.4 Å². The molecule has 5 aromatic carbocycles. The Hall–Kier alpha value is -7.92. The summed E-state index contributed by atoms with van der Waals surface area (Å²) in [6.45, 7) is -0.0328. The third-order valence-electron chi connectivity index (χ3n) is 11.8. The second-order valence-corrected chi connectivity index (χ2v) is 16.2. The van der Waals surface area contributed by atoms with Crippen LogP contribution >= 0.6 is 0 Å². The number of methoxy groups -OCH3 is 2. The van der Waals surface area contributed by atoms with Crippen LogP contribution in [0.2, 0.25) is 0 Å². The predicted molar refractivity (Wildman–Crippen MR) is 248 cm³/mol. The number of hydrogen-bond acceptors (Lipinski definition) is 12. The smallest absolute Gasteiger partial charge is 0.261 e. The molecule has 0 spiro atoms. The topological polar surface area (TPSA) is 201 Å². The molecule has 0 saturated carbocycles. The van der Waals surface area contributed by atoms with Crippen LogP contribution in [-0.4, -0.2) is 95.3 Å². The number of amides is 5. The van der Waals surface area contributed by atoms with Crippen LogP contribution in [0.1, 0.15) is 43.0 Å². The highest BCUT2D eigenvalue weighted by molar-refractivity contribution is 6.15. The Morgan fingerprint density at radius 3 is 1.95 bits per heavy atom. The maximum absolute atomic E-state index is 14.0. The molecular weight excluding hydrogens is 845 g/mol. The van der Waals surface area contributed by atoms with E-state index in [0.717, 1.165) is 28.9 Å². The number of rotatable bonds is 15. The molecule has 17 heteroatoms. The van der Waals surface area contributed by atoms with Crippen LogP contribution in [0.25, 0.3) is 0 Å². The van der Waals surface area contributed by atoms with Crippen LogP contribution in [0.4, 0.5) is 28.4 Å². The van der Waals surface area contributed by atoms with E-state index in [9.17, 15) is 24.0 Å². The van der Waals surface area contributed by atoms with Gasteiger partial charge in [-0.2, -0.15) is 0 Å². The van der Waals surface area contributed by atoms with Crippen molar-refractivity contribution in [1.29, 1.82) is 0 Å². The first kappa shape index (κ1) is 43.3. The summed E-state index contributed by atoms with van der Waals surface area (Å²) in [5, 5.41) is 14.0. The highest BCUT2D eigenvalue weighted by Gasteiger charge is 2.39. The van der Waals surface area contributed by atoms with Crippen molar-refractivity contribution in [2.45, 2.75) is 38.1 Å². The van der Waals surface area contributed by atoms with Crippen molar-refractivity contribution in [2.75, 3.05) is 67.9 Å². The number of likely N-dealkylation sites (N-methyl/N-ethyl adjacent to an activating group) is 1. The Morgan fingerprint density at radius 2 is 1.27 bits per heavy atom. The number of ether oxygens (including phenoxy) is 4. The van der Waals surface area contributed by atoms with E-state index in [2.05, 4.69) is 26.6 Å². The Labute approximate surface area is 380 Å². The molecule has 0 saturated heterocycles. The summed E-state index contributed by atoms with van der Waals surface area (Å²) in [6, 6.07) is 27.6. The third kappa shape index (κ3) is 8.80. The molecular formula is C49H48N8O9. The van der Waals surface area contributed by atoms with Crippen LogP contribution in [0.15, 0.2) is 96.0 Å². The van der Waals surface area contributed by atoms with E-state index >= 15 is 0 Å². The van der Waals surface area contributed by atoms with Crippen molar-refractivity contribution >= 4 is 64.2 Å². The molecule has 4 aliphatic rings. The molecule has 0 aliphatic carbocycles. The van der Waals surface area contributed by atoms with Gasteiger partial charge in [-0.1, -0.05) is 36.4 Å². The van der Waals surface area contributed by atoms with Gasteiger partial charge in [0.25, 0.3) is 11.8 Å². The summed E-state index contributed by atoms with van der Waals surface area (Å²) < 4.78 is 24.2. The van der Waals surface area contributed by atoms with Crippen molar-refractivity contribution in [3.63, 3.8) is 0 Å². The van der Waals surface area contributed by atoms with Gasteiger partial charge in [-0.3, -0.25) is 33.9 Å². The molecule has 0 radical (unpaired) electrons. The van der Waals surface area contributed by atoms with Gasteiger partial charge in [0.1, 0.15) is 13.2 Å². The van der Waals surface area contributed by atoms with Crippen LogP contribution in [0, 0.1) is 0 Å². The van der Waals surface area contributed by atoms with Crippen molar-refractivity contribution in [2.24, 2.45) is 4.99 Å². The number of carbonyl (C=O) groups is 5. The Bertz CT molecular complexity index is 2790. The van der Waals surface area contributed by atoms with Crippen molar-refractivity contribution in [3.05, 3.63) is 124 Å². The molecule has 0 aromatic heterocycles. The quantitative estimate of drug-likeness (QED) is 0.0989. The number of nitrogens with one attached hydrogen (secondary N) is 5. The minimum absolute atomic E-state index is 0.00366. The lowest BCUT2D eigenvalue weighted by atomic mass is 10.1. The summed E-state index contributed by atoms with van der Waals surface area (Å²) in [5.74, 6) is -0.291. The summed E-state index contributed by atoms with van der Waals surface area (Å²) in [7, 11) is 4.62. The second-order valence-electron chi connectivity index (χ2n) is 16.2. The fraction of sp³-hybridized carbons (Fsp3) is 0.265. The van der Waals surface area contributed by atoms with E-state index in [1.807, 2.05) is 59.5 Å². The number of carbonyl (C=O) groups excluding carboxylic acids is 5. The summed E-state index contributed by atoms with van der Waals surface area (Å²) in [6.07, 6.45) is 3.19. The number of anilines is 4. The van der Waals surface area contributed by atoms with Gasteiger partial charge in [0, 0.05) is 48.4 Å². The largest absolute Gasteiger partial charge is 0.493 e. The molecule has 5 amide bonds. The van der Waals surface area contributed by atoms with Crippen LogP contribution in [0.3, 0.4) is 0 Å². The summed E-state index contributed by atoms with van der Waals surface area (Å²) in [5.41, 5.74) is 7.54. The first-order valence-electron chi connectivity index (χ1n) is 21.5. The predicted octanol–water partition coefficient (Wildman–Crippen LogP) is 4.54. The number of hydrogen-bond donors (Lipinski definition) is 5. The van der Waals surface area contributed by atoms with Gasteiger partial charge in [0.2, 0.25) is 17.7 Å². The standard InChI is InChI=1S/C49H48N8O9/c1-50-23-45(58)53-24-46(59)54-25-47(60)55-32-13-28(26-65-43-19-37-35(17-41(43)63-2)48(61)56-33(21-51-37)15-30-8-4-6-10-39(30)56)12-29(14-32)27-66-44-20-38-36(18-42(44)64-3)49(62)57-34(22-52-38)16-31-9-5-7-11-40(31)57/h4-14,17-21,33-34,50,52H,15-16,22-27H2,1-3H3,(H,53,58)(H,54,59)(H,55,60)/t33-,34?/m0/s1. The normalized spacial score (nSPS) is 16.2. The van der Waals surface area contributed by atoms with Gasteiger partial charge in [-0.15, -0.1) is 0 Å². The van der Waals surface area contributed by atoms with Gasteiger partial charge in [0.15, 0.2) is 23.0 Å².